The Labute approximate surface area is 115 Å². The highest BCUT2D eigenvalue weighted by Crippen LogP contribution is 2.26. The molecule has 0 N–H and O–H groups in total. The number of fused-ring (bicyclic) bond motifs is 1. The number of Topliss-reactive ketones (excluding diaryl/α,β-unsaturated/α-hetero) is 2. The van der Waals surface area contributed by atoms with E-state index in [0.717, 1.165) is 4.90 Å². The largest absolute Gasteiger partial charge is 0.299 e. The molecule has 1 fully saturated rings. The Bertz CT molecular complexity index is 635. The molecular formula is C15H13NO4. The van der Waals surface area contributed by atoms with Crippen molar-refractivity contribution in [3.63, 3.8) is 0 Å². The molecule has 1 aromatic rings. The highest BCUT2D eigenvalue weighted by atomic mass is 16.2. The van der Waals surface area contributed by atoms with Crippen LogP contribution in [-0.4, -0.2) is 34.3 Å². The van der Waals surface area contributed by atoms with Crippen LogP contribution in [0.15, 0.2) is 24.3 Å². The lowest BCUT2D eigenvalue weighted by Crippen LogP contribution is -2.53. The van der Waals surface area contributed by atoms with Gasteiger partial charge in [-0.15, -0.1) is 0 Å². The topological polar surface area (TPSA) is 71.5 Å². The summed E-state index contributed by atoms with van der Waals surface area (Å²) in [6.45, 7) is 0. The smallest absolute Gasteiger partial charge is 0.261 e. The lowest BCUT2D eigenvalue weighted by Gasteiger charge is -2.34. The molecular weight excluding hydrogens is 258 g/mol. The first-order valence-corrected chi connectivity index (χ1v) is 6.56. The van der Waals surface area contributed by atoms with Gasteiger partial charge in [0, 0.05) is 12.0 Å². The number of benzene rings is 1. The zero-order chi connectivity index (χ0) is 14.3. The molecule has 1 saturated carbocycles. The van der Waals surface area contributed by atoms with E-state index in [1.165, 1.54) is 0 Å². The quantitative estimate of drug-likeness (QED) is 0.562. The van der Waals surface area contributed by atoms with Gasteiger partial charge in [0.05, 0.1) is 18.9 Å². The fourth-order valence-corrected chi connectivity index (χ4v) is 2.82. The molecule has 1 aliphatic heterocycles. The molecule has 1 aliphatic carbocycles. The fourth-order valence-electron chi connectivity index (χ4n) is 2.82. The third-order valence-corrected chi connectivity index (χ3v) is 3.83. The van der Waals surface area contributed by atoms with Crippen LogP contribution in [0.5, 0.6) is 0 Å². The third kappa shape index (κ3) is 1.95. The molecule has 102 valence electrons. The van der Waals surface area contributed by atoms with Gasteiger partial charge in [0.1, 0.15) is 5.78 Å². The van der Waals surface area contributed by atoms with Crippen molar-refractivity contribution in [2.45, 2.75) is 31.7 Å². The minimum absolute atomic E-state index is 0.122. The summed E-state index contributed by atoms with van der Waals surface area (Å²) in [4.78, 5) is 48.8. The Hall–Kier alpha value is -2.30. The summed E-state index contributed by atoms with van der Waals surface area (Å²) >= 11 is 0. The van der Waals surface area contributed by atoms with E-state index in [1.54, 1.807) is 24.3 Å². The van der Waals surface area contributed by atoms with Gasteiger partial charge in [-0.1, -0.05) is 18.2 Å². The average Bonchev–Trinajstić information content (AvgIpc) is 2.41. The van der Waals surface area contributed by atoms with Crippen molar-refractivity contribution in [2.75, 3.05) is 0 Å². The second-order valence-electron chi connectivity index (χ2n) is 5.14. The SMILES string of the molecule is O=C1CC[C@H](N2C(=O)Cc3ccccc3C2=O)C(=O)C1. The number of hydrogen-bond donors (Lipinski definition) is 0. The number of amides is 2. The van der Waals surface area contributed by atoms with Crippen molar-refractivity contribution in [1.82, 2.24) is 4.90 Å². The normalized spacial score (nSPS) is 23.0. The van der Waals surface area contributed by atoms with Gasteiger partial charge in [-0.25, -0.2) is 0 Å². The molecule has 0 spiro atoms. The Morgan fingerprint density at radius 1 is 1.00 bits per heavy atom. The van der Waals surface area contributed by atoms with Crippen molar-refractivity contribution >= 4 is 23.4 Å². The maximum absolute atomic E-state index is 12.4. The number of hydrogen-bond acceptors (Lipinski definition) is 4. The first-order chi connectivity index (χ1) is 9.58. The van der Waals surface area contributed by atoms with Gasteiger partial charge in [0.15, 0.2) is 5.78 Å². The molecule has 20 heavy (non-hydrogen) atoms. The van der Waals surface area contributed by atoms with Gasteiger partial charge in [0.2, 0.25) is 5.91 Å². The van der Waals surface area contributed by atoms with Crippen molar-refractivity contribution in [3.8, 4) is 0 Å². The van der Waals surface area contributed by atoms with Gasteiger partial charge in [-0.05, 0) is 18.1 Å². The van der Waals surface area contributed by atoms with E-state index in [-0.39, 0.29) is 43.2 Å². The molecule has 2 amide bonds. The Morgan fingerprint density at radius 3 is 2.50 bits per heavy atom. The molecule has 5 heteroatoms. The maximum atomic E-state index is 12.4. The molecule has 3 rings (SSSR count). The Morgan fingerprint density at radius 2 is 1.75 bits per heavy atom. The van der Waals surface area contributed by atoms with E-state index in [2.05, 4.69) is 0 Å². The van der Waals surface area contributed by atoms with Gasteiger partial charge < -0.3 is 0 Å². The summed E-state index contributed by atoms with van der Waals surface area (Å²) in [5.41, 5.74) is 1.16. The van der Waals surface area contributed by atoms with Gasteiger partial charge >= 0.3 is 0 Å². The van der Waals surface area contributed by atoms with Crippen LogP contribution in [0.3, 0.4) is 0 Å². The van der Waals surface area contributed by atoms with E-state index in [1.807, 2.05) is 0 Å². The van der Waals surface area contributed by atoms with E-state index in [9.17, 15) is 19.2 Å². The molecule has 0 saturated heterocycles. The van der Waals surface area contributed by atoms with Crippen LogP contribution in [-0.2, 0) is 20.8 Å². The predicted molar refractivity (Wildman–Crippen MR) is 69.0 cm³/mol. The summed E-state index contributed by atoms with van der Waals surface area (Å²) in [5, 5.41) is 0. The Balaban J connectivity index is 1.95. The highest BCUT2D eigenvalue weighted by molar-refractivity contribution is 6.14. The van der Waals surface area contributed by atoms with Gasteiger partial charge in [-0.3, -0.25) is 24.1 Å². The average molecular weight is 271 g/mol. The zero-order valence-corrected chi connectivity index (χ0v) is 10.8. The van der Waals surface area contributed by atoms with E-state index in [0.29, 0.717) is 11.1 Å². The van der Waals surface area contributed by atoms with Crippen LogP contribution in [0.4, 0.5) is 0 Å². The van der Waals surface area contributed by atoms with Crippen LogP contribution in [0.25, 0.3) is 0 Å². The van der Waals surface area contributed by atoms with E-state index in [4.69, 9.17) is 0 Å². The molecule has 0 bridgehead atoms. The minimum Gasteiger partial charge on any atom is -0.299 e. The molecule has 5 nitrogen and oxygen atoms in total. The molecule has 2 aliphatic rings. The third-order valence-electron chi connectivity index (χ3n) is 3.83. The summed E-state index contributed by atoms with van der Waals surface area (Å²) in [6.07, 6.45) is 0.440. The monoisotopic (exact) mass is 271 g/mol. The number of ketones is 2. The molecule has 0 unspecified atom stereocenters. The molecule has 1 heterocycles. The van der Waals surface area contributed by atoms with Crippen molar-refractivity contribution in [3.05, 3.63) is 35.4 Å². The van der Waals surface area contributed by atoms with Crippen LogP contribution in [0, 0.1) is 0 Å². The lowest BCUT2D eigenvalue weighted by molar-refractivity contribution is -0.141. The van der Waals surface area contributed by atoms with Crippen LogP contribution < -0.4 is 0 Å². The number of carbonyl (C=O) groups excluding carboxylic acids is 4. The van der Waals surface area contributed by atoms with Crippen LogP contribution in [0.2, 0.25) is 0 Å². The summed E-state index contributed by atoms with van der Waals surface area (Å²) in [7, 11) is 0. The minimum atomic E-state index is -0.777. The number of imide groups is 1. The molecule has 1 atom stereocenters. The molecule has 0 radical (unpaired) electrons. The first kappa shape index (κ1) is 12.7. The fraction of sp³-hybridized carbons (Fsp3) is 0.333. The van der Waals surface area contributed by atoms with Crippen LogP contribution in [0.1, 0.15) is 35.2 Å². The van der Waals surface area contributed by atoms with Gasteiger partial charge in [-0.2, -0.15) is 0 Å². The van der Waals surface area contributed by atoms with E-state index >= 15 is 0 Å². The van der Waals surface area contributed by atoms with Crippen molar-refractivity contribution in [2.24, 2.45) is 0 Å². The summed E-state index contributed by atoms with van der Waals surface area (Å²) in [5.74, 6) is -1.24. The number of rotatable bonds is 1. The van der Waals surface area contributed by atoms with Crippen LogP contribution >= 0.6 is 0 Å². The second-order valence-corrected chi connectivity index (χ2v) is 5.14. The molecule has 0 aromatic heterocycles. The summed E-state index contributed by atoms with van der Waals surface area (Å²) < 4.78 is 0. The zero-order valence-electron chi connectivity index (χ0n) is 10.8. The number of carbonyl (C=O) groups is 4. The maximum Gasteiger partial charge on any atom is 0.261 e. The standard InChI is InChI=1S/C15H13NO4/c17-10-5-6-12(13(18)8-10)16-14(19)7-9-3-1-2-4-11(9)15(16)20/h1-4,12H,5-8H2/t12-/m0/s1. The van der Waals surface area contributed by atoms with E-state index < -0.39 is 11.9 Å². The van der Waals surface area contributed by atoms with Crippen molar-refractivity contribution < 1.29 is 19.2 Å². The first-order valence-electron chi connectivity index (χ1n) is 6.56. The van der Waals surface area contributed by atoms with Crippen molar-refractivity contribution in [1.29, 1.82) is 0 Å². The Kier molecular flexibility index (Phi) is 2.97. The molecule has 1 aromatic carbocycles. The van der Waals surface area contributed by atoms with Gasteiger partial charge in [0.25, 0.3) is 5.91 Å². The number of nitrogens with zero attached hydrogens (tertiary/aromatic N) is 1. The second kappa shape index (κ2) is 4.67. The lowest BCUT2D eigenvalue weighted by atomic mass is 9.89. The predicted octanol–water partition coefficient (Wildman–Crippen LogP) is 0.902. The summed E-state index contributed by atoms with van der Waals surface area (Å²) in [6, 6.07) is 6.14. The highest BCUT2D eigenvalue weighted by Gasteiger charge is 2.41.